The van der Waals surface area contributed by atoms with E-state index in [0.717, 1.165) is 37.1 Å². The maximum absolute atomic E-state index is 13.6. The number of para-hydroxylation sites is 1. The van der Waals surface area contributed by atoms with Gasteiger partial charge in [-0.2, -0.15) is 5.10 Å². The summed E-state index contributed by atoms with van der Waals surface area (Å²) in [6.45, 7) is 0.491. The van der Waals surface area contributed by atoms with Gasteiger partial charge in [-0.1, -0.05) is 42.8 Å². The Morgan fingerprint density at radius 2 is 1.76 bits per heavy atom. The third-order valence-corrected chi connectivity index (χ3v) is 5.73. The fourth-order valence-corrected chi connectivity index (χ4v) is 3.97. The number of rotatable bonds is 10. The predicted octanol–water partition coefficient (Wildman–Crippen LogP) is 4.72. The van der Waals surface area contributed by atoms with E-state index in [9.17, 15) is 9.59 Å². The van der Waals surface area contributed by atoms with Crippen molar-refractivity contribution in [3.05, 3.63) is 90.5 Å². The number of hydrazine groups is 1. The molecule has 1 aromatic heterocycles. The first-order valence-corrected chi connectivity index (χ1v) is 11.4. The van der Waals surface area contributed by atoms with E-state index in [-0.39, 0.29) is 11.9 Å². The van der Waals surface area contributed by atoms with Gasteiger partial charge >= 0.3 is 5.97 Å². The fraction of sp³-hybridized carbons (Fsp3) is 0.269. The zero-order valence-corrected chi connectivity index (χ0v) is 19.3. The van der Waals surface area contributed by atoms with Crippen molar-refractivity contribution in [3.63, 3.8) is 0 Å². The fourth-order valence-electron chi connectivity index (χ4n) is 3.97. The Morgan fingerprint density at radius 3 is 2.44 bits per heavy atom. The average Bonchev–Trinajstić information content (AvgIpc) is 3.56. The minimum Gasteiger partial charge on any atom is -0.469 e. The van der Waals surface area contributed by atoms with Crippen LogP contribution in [0, 0.1) is 0 Å². The number of aromatic nitrogens is 2. The highest BCUT2D eigenvalue weighted by atomic mass is 16.5. The molecule has 8 heteroatoms. The van der Waals surface area contributed by atoms with Crippen LogP contribution >= 0.6 is 0 Å². The summed E-state index contributed by atoms with van der Waals surface area (Å²) in [7, 11) is 1.41. The number of amides is 1. The second-order valence-electron chi connectivity index (χ2n) is 8.04. The Morgan fingerprint density at radius 1 is 1.03 bits per heavy atom. The summed E-state index contributed by atoms with van der Waals surface area (Å²) in [6, 6.07) is 19.3. The molecule has 0 fully saturated rings. The largest absolute Gasteiger partial charge is 0.469 e. The Kier molecular flexibility index (Phi) is 7.60. The highest BCUT2D eigenvalue weighted by molar-refractivity contribution is 6.05. The molecule has 0 saturated carbocycles. The maximum atomic E-state index is 13.6. The highest BCUT2D eigenvalue weighted by Gasteiger charge is 2.32. The molecule has 3 aromatic rings. The molecule has 2 heterocycles. The first kappa shape index (κ1) is 23.1. The van der Waals surface area contributed by atoms with E-state index in [1.54, 1.807) is 17.4 Å². The number of carbonyl (C=O) groups excluding carboxylic acids is 2. The Balaban J connectivity index is 1.58. The minimum absolute atomic E-state index is 0.131. The molecular weight excluding hydrogens is 430 g/mol. The third-order valence-electron chi connectivity index (χ3n) is 5.73. The van der Waals surface area contributed by atoms with Gasteiger partial charge in [-0.15, -0.1) is 0 Å². The van der Waals surface area contributed by atoms with Crippen LogP contribution in [0.2, 0.25) is 0 Å². The number of nitrogens with one attached hydrogen (secondary N) is 1. The number of H-pyrrole nitrogens is 1. The molecule has 176 valence electrons. The standard InChI is InChI=1S/C26H29N5O3/c1-34-25(32)16-10-4-9-15-23-19-29(22-13-7-3-8-14-22)20-30(23)31(24-17-27-28-18-24)26(33)21-11-5-2-6-12-21/h2-3,5-8,11-14,17-19H,4,9-10,15-16,20H2,1H3,(H,27,28). The van der Waals surface area contributed by atoms with Crippen molar-refractivity contribution in [1.29, 1.82) is 0 Å². The van der Waals surface area contributed by atoms with Crippen LogP contribution in [0.4, 0.5) is 11.4 Å². The SMILES string of the molecule is COC(=O)CCCCCC1=CN(c2ccccc2)CN1N(C(=O)c1ccccc1)c1cn[nH]c1. The van der Waals surface area contributed by atoms with Crippen molar-refractivity contribution in [2.24, 2.45) is 0 Å². The quantitative estimate of drug-likeness (QED) is 0.349. The predicted molar refractivity (Wildman–Crippen MR) is 131 cm³/mol. The van der Waals surface area contributed by atoms with Crippen LogP contribution < -0.4 is 9.91 Å². The van der Waals surface area contributed by atoms with Crippen molar-refractivity contribution in [2.75, 3.05) is 23.7 Å². The molecule has 1 N–H and O–H groups in total. The number of ether oxygens (including phenoxy) is 1. The lowest BCUT2D eigenvalue weighted by molar-refractivity contribution is -0.140. The molecule has 0 atom stereocenters. The number of carbonyl (C=O) groups is 2. The van der Waals surface area contributed by atoms with Gasteiger partial charge in [-0.05, 0) is 43.5 Å². The van der Waals surface area contributed by atoms with Gasteiger partial charge < -0.3 is 9.64 Å². The van der Waals surface area contributed by atoms with Crippen molar-refractivity contribution in [2.45, 2.75) is 32.1 Å². The van der Waals surface area contributed by atoms with Crippen LogP contribution in [-0.2, 0) is 9.53 Å². The number of hydrogen-bond donors (Lipinski definition) is 1. The second kappa shape index (κ2) is 11.2. The summed E-state index contributed by atoms with van der Waals surface area (Å²) in [5, 5.41) is 10.6. The molecule has 1 aliphatic heterocycles. The van der Waals surface area contributed by atoms with Gasteiger partial charge in [-0.25, -0.2) is 5.01 Å². The molecule has 0 unspecified atom stereocenters. The van der Waals surface area contributed by atoms with Gasteiger partial charge in [0.1, 0.15) is 12.4 Å². The summed E-state index contributed by atoms with van der Waals surface area (Å²) in [5.41, 5.74) is 3.33. The number of anilines is 2. The molecule has 0 aliphatic carbocycles. The molecular formula is C26H29N5O3. The number of aromatic amines is 1. The number of benzene rings is 2. The zero-order valence-electron chi connectivity index (χ0n) is 19.3. The third kappa shape index (κ3) is 5.46. The Bertz CT molecular complexity index is 1100. The highest BCUT2D eigenvalue weighted by Crippen LogP contribution is 2.31. The number of allylic oxidation sites excluding steroid dienone is 1. The van der Waals surface area contributed by atoms with E-state index in [1.807, 2.05) is 53.5 Å². The smallest absolute Gasteiger partial charge is 0.305 e. The lowest BCUT2D eigenvalue weighted by Gasteiger charge is -2.34. The van der Waals surface area contributed by atoms with Crippen LogP contribution in [0.5, 0.6) is 0 Å². The van der Waals surface area contributed by atoms with E-state index in [2.05, 4.69) is 33.4 Å². The second-order valence-corrected chi connectivity index (χ2v) is 8.04. The minimum atomic E-state index is -0.184. The van der Waals surface area contributed by atoms with Gasteiger partial charge in [-0.3, -0.25) is 19.7 Å². The maximum Gasteiger partial charge on any atom is 0.305 e. The molecule has 0 bridgehead atoms. The van der Waals surface area contributed by atoms with Crippen LogP contribution in [0.25, 0.3) is 0 Å². The van der Waals surface area contributed by atoms with Gasteiger partial charge in [0.15, 0.2) is 0 Å². The summed E-state index contributed by atoms with van der Waals surface area (Å²) in [4.78, 5) is 27.2. The van der Waals surface area contributed by atoms with E-state index >= 15 is 0 Å². The number of methoxy groups -OCH3 is 1. The van der Waals surface area contributed by atoms with Crippen LogP contribution in [0.1, 0.15) is 42.5 Å². The van der Waals surface area contributed by atoms with Crippen LogP contribution in [0.3, 0.4) is 0 Å². The first-order valence-electron chi connectivity index (χ1n) is 11.4. The molecule has 0 spiro atoms. The van der Waals surface area contributed by atoms with E-state index < -0.39 is 0 Å². The molecule has 8 nitrogen and oxygen atoms in total. The molecule has 0 saturated heterocycles. The summed E-state index contributed by atoms with van der Waals surface area (Å²) in [6.07, 6.45) is 9.21. The molecule has 0 radical (unpaired) electrons. The topological polar surface area (TPSA) is 81.8 Å². The van der Waals surface area contributed by atoms with Gasteiger partial charge in [0, 0.05) is 30.1 Å². The van der Waals surface area contributed by atoms with Crippen molar-refractivity contribution in [1.82, 2.24) is 15.2 Å². The van der Waals surface area contributed by atoms with Crippen molar-refractivity contribution >= 4 is 23.3 Å². The number of nitrogens with zero attached hydrogens (tertiary/aromatic N) is 4. The lowest BCUT2D eigenvalue weighted by Crippen LogP contribution is -2.47. The lowest BCUT2D eigenvalue weighted by atomic mass is 10.1. The summed E-state index contributed by atoms with van der Waals surface area (Å²) < 4.78 is 4.73. The van der Waals surface area contributed by atoms with Gasteiger partial charge in [0.05, 0.1) is 19.0 Å². The zero-order chi connectivity index (χ0) is 23.8. The van der Waals surface area contributed by atoms with Crippen molar-refractivity contribution < 1.29 is 14.3 Å². The normalized spacial score (nSPS) is 13.0. The van der Waals surface area contributed by atoms with Gasteiger partial charge in [0.2, 0.25) is 0 Å². The number of hydrogen-bond acceptors (Lipinski definition) is 6. The monoisotopic (exact) mass is 459 g/mol. The van der Waals surface area contributed by atoms with Crippen LogP contribution in [-0.4, -0.2) is 40.9 Å². The molecule has 1 amide bonds. The molecule has 4 rings (SSSR count). The molecule has 34 heavy (non-hydrogen) atoms. The molecule has 2 aromatic carbocycles. The van der Waals surface area contributed by atoms with E-state index in [1.165, 1.54) is 7.11 Å². The summed E-state index contributed by atoms with van der Waals surface area (Å²) >= 11 is 0. The number of unbranched alkanes of at least 4 members (excludes halogenated alkanes) is 2. The number of esters is 1. The van der Waals surface area contributed by atoms with Crippen LogP contribution in [0.15, 0.2) is 85.0 Å². The first-order chi connectivity index (χ1) is 16.7. The molecule has 1 aliphatic rings. The Labute approximate surface area is 199 Å². The average molecular weight is 460 g/mol. The van der Waals surface area contributed by atoms with Crippen molar-refractivity contribution in [3.8, 4) is 0 Å². The van der Waals surface area contributed by atoms with E-state index in [4.69, 9.17) is 4.74 Å². The Hall–Kier alpha value is -4.07. The van der Waals surface area contributed by atoms with Gasteiger partial charge in [0.25, 0.3) is 5.91 Å². The van der Waals surface area contributed by atoms with E-state index in [0.29, 0.717) is 24.3 Å². The summed E-state index contributed by atoms with van der Waals surface area (Å²) in [5.74, 6) is -0.315.